The quantitative estimate of drug-likeness (QED) is 0.167. The number of carbonyl (C=O) groups excluding carboxylic acids is 2. The van der Waals surface area contributed by atoms with Gasteiger partial charge in [0, 0.05) is 66.4 Å². The number of rotatable bonds is 6. The van der Waals surface area contributed by atoms with E-state index < -0.39 is 5.82 Å². The van der Waals surface area contributed by atoms with Crippen molar-refractivity contribution in [2.24, 2.45) is 11.3 Å². The van der Waals surface area contributed by atoms with E-state index >= 15 is 0 Å². The number of hydrogen-bond acceptors (Lipinski definition) is 8. The third-order valence-corrected chi connectivity index (χ3v) is 12.1. The highest BCUT2D eigenvalue weighted by Crippen LogP contribution is 2.51. The number of halogens is 1. The highest BCUT2D eigenvalue weighted by Gasteiger charge is 2.48. The van der Waals surface area contributed by atoms with Gasteiger partial charge in [0.25, 0.3) is 5.91 Å². The van der Waals surface area contributed by atoms with Crippen LogP contribution in [-0.4, -0.2) is 54.5 Å². The molecule has 50 heavy (non-hydrogen) atoms. The van der Waals surface area contributed by atoms with Crippen molar-refractivity contribution in [1.29, 1.82) is 0 Å². The van der Waals surface area contributed by atoms with Gasteiger partial charge in [-0.15, -0.1) is 11.3 Å². The number of aryl methyl sites for hydroxylation is 2. The molecule has 1 aliphatic carbocycles. The Morgan fingerprint density at radius 2 is 1.82 bits per heavy atom. The van der Waals surface area contributed by atoms with Crippen molar-refractivity contribution in [1.82, 2.24) is 9.97 Å². The number of pyridine rings is 1. The molecule has 2 atom stereocenters. The summed E-state index contributed by atoms with van der Waals surface area (Å²) in [5.41, 5.74) is 6.80. The zero-order valence-corrected chi connectivity index (χ0v) is 28.9. The second-order valence-corrected chi connectivity index (χ2v) is 15.5. The molecule has 4 aliphatic rings. The fourth-order valence-electron chi connectivity index (χ4n) is 8.01. The molecule has 2 unspecified atom stereocenters. The summed E-state index contributed by atoms with van der Waals surface area (Å²) in [7, 11) is 0. The normalized spacial score (nSPS) is 20.5. The van der Waals surface area contributed by atoms with Crippen LogP contribution in [0.2, 0.25) is 0 Å². The van der Waals surface area contributed by atoms with Gasteiger partial charge in [0.1, 0.15) is 17.9 Å². The van der Waals surface area contributed by atoms with Gasteiger partial charge in [-0.3, -0.25) is 9.59 Å². The summed E-state index contributed by atoms with van der Waals surface area (Å²) < 4.78 is 25.9. The van der Waals surface area contributed by atoms with Crippen LogP contribution in [0.4, 0.5) is 15.9 Å². The lowest BCUT2D eigenvalue weighted by Gasteiger charge is -2.53. The Labute approximate surface area is 293 Å². The van der Waals surface area contributed by atoms with E-state index in [1.54, 1.807) is 28.6 Å². The first-order valence-corrected chi connectivity index (χ1v) is 18.2. The zero-order valence-electron chi connectivity index (χ0n) is 28.1. The van der Waals surface area contributed by atoms with E-state index in [1.807, 2.05) is 50.4 Å². The van der Waals surface area contributed by atoms with E-state index in [2.05, 4.69) is 16.0 Å². The van der Waals surface area contributed by atoms with Crippen LogP contribution in [0.25, 0.3) is 21.2 Å². The second kappa shape index (κ2) is 12.0. The monoisotopic (exact) mass is 688 g/mol. The lowest BCUT2D eigenvalue weighted by Crippen LogP contribution is -2.59. The molecule has 1 spiro atoms. The van der Waals surface area contributed by atoms with E-state index in [-0.39, 0.29) is 28.9 Å². The number of hydrogen-bond donors (Lipinski definition) is 0. The average molecular weight is 689 g/mol. The first-order valence-electron chi connectivity index (χ1n) is 17.4. The van der Waals surface area contributed by atoms with E-state index in [1.165, 1.54) is 12.1 Å². The number of thiophene rings is 1. The Kier molecular flexibility index (Phi) is 7.51. The number of aromatic nitrogens is 2. The van der Waals surface area contributed by atoms with Crippen LogP contribution in [-0.2, 0) is 11.2 Å². The molecule has 8 nitrogen and oxygen atoms in total. The Balaban J connectivity index is 0.921. The fourth-order valence-corrected chi connectivity index (χ4v) is 9.19. The van der Waals surface area contributed by atoms with Crippen molar-refractivity contribution in [3.8, 4) is 21.2 Å². The summed E-state index contributed by atoms with van der Waals surface area (Å²) in [6.07, 6.45) is 6.99. The Morgan fingerprint density at radius 1 is 1.02 bits per heavy atom. The lowest BCUT2D eigenvalue weighted by molar-refractivity contribution is -0.000517. The van der Waals surface area contributed by atoms with Gasteiger partial charge >= 0.3 is 0 Å². The number of nitrogens with zero attached hydrogens (tertiary/aromatic N) is 4. The molecular formula is C40H37FN4O4S. The van der Waals surface area contributed by atoms with Crippen LogP contribution >= 0.6 is 11.3 Å². The third kappa shape index (κ3) is 5.45. The number of Topliss-reactive ketones (excluding diaryl/α,β-unsaturated/α-hetero) is 1. The predicted molar refractivity (Wildman–Crippen MR) is 191 cm³/mol. The van der Waals surface area contributed by atoms with Gasteiger partial charge in [0.15, 0.2) is 5.78 Å². The summed E-state index contributed by atoms with van der Waals surface area (Å²) in [4.78, 5) is 43.0. The van der Waals surface area contributed by atoms with E-state index in [0.717, 1.165) is 94.6 Å². The van der Waals surface area contributed by atoms with Crippen LogP contribution in [0.3, 0.4) is 0 Å². The molecule has 6 heterocycles. The van der Waals surface area contributed by atoms with E-state index in [0.29, 0.717) is 30.1 Å². The number of benzene rings is 2. The molecule has 1 amide bonds. The molecule has 2 aromatic carbocycles. The second-order valence-electron chi connectivity index (χ2n) is 14.4. The Morgan fingerprint density at radius 3 is 2.58 bits per heavy atom. The van der Waals surface area contributed by atoms with E-state index in [4.69, 9.17) is 14.1 Å². The largest absolute Gasteiger partial charge is 0.444 e. The molecule has 9 rings (SSSR count). The van der Waals surface area contributed by atoms with Crippen molar-refractivity contribution < 1.29 is 23.1 Å². The number of fused-ring (bicyclic) bond motifs is 3. The topological polar surface area (TPSA) is 88.8 Å². The number of ether oxygens (including phenoxy) is 1. The van der Waals surface area contributed by atoms with Gasteiger partial charge in [-0.25, -0.2) is 14.4 Å². The summed E-state index contributed by atoms with van der Waals surface area (Å²) in [6, 6.07) is 16.3. The van der Waals surface area contributed by atoms with Gasteiger partial charge in [-0.05, 0) is 105 Å². The molecule has 3 aromatic heterocycles. The maximum Gasteiger partial charge on any atom is 0.258 e. The molecule has 5 aromatic rings. The standard InChI is InChI=1S/C40H37FN4O4S/c1-23-15-32(37(42-19-23)44-21-40(22-44)10-13-48-14-11-40)35(46)31-18-30(31)25-3-5-26(6-4-25)39(47)45-12-9-27-16-34(38-43-24(2)20-49-38)50-36(27)29-8-7-28(41)17-33(29)45/h3-8,15-17,19-20,30-31H,9-14,18,21-22H2,1-2H3. The smallest absolute Gasteiger partial charge is 0.258 e. The van der Waals surface area contributed by atoms with Gasteiger partial charge < -0.3 is 19.0 Å². The number of amides is 1. The lowest BCUT2D eigenvalue weighted by atomic mass is 9.73. The number of carbonyl (C=O) groups is 2. The minimum absolute atomic E-state index is 0.101. The molecule has 0 N–H and O–H groups in total. The van der Waals surface area contributed by atoms with Crippen molar-refractivity contribution in [3.05, 3.63) is 106 Å². The number of ketones is 1. The highest BCUT2D eigenvalue weighted by molar-refractivity contribution is 7.19. The van der Waals surface area contributed by atoms with Gasteiger partial charge in [-0.2, -0.15) is 0 Å². The maximum atomic E-state index is 14.7. The van der Waals surface area contributed by atoms with Crippen molar-refractivity contribution in [2.75, 3.05) is 42.6 Å². The third-order valence-electron chi connectivity index (χ3n) is 10.9. The summed E-state index contributed by atoms with van der Waals surface area (Å²) in [5.74, 6) is 0.924. The molecule has 254 valence electrons. The first kappa shape index (κ1) is 31.3. The molecule has 0 bridgehead atoms. The van der Waals surface area contributed by atoms with Gasteiger partial charge in [0.05, 0.1) is 21.8 Å². The molecular weight excluding hydrogens is 652 g/mol. The van der Waals surface area contributed by atoms with Gasteiger partial charge in [0.2, 0.25) is 5.89 Å². The van der Waals surface area contributed by atoms with Crippen LogP contribution < -0.4 is 9.80 Å². The van der Waals surface area contributed by atoms with Crippen LogP contribution in [0.15, 0.2) is 71.5 Å². The average Bonchev–Trinajstić information content (AvgIpc) is 3.67. The zero-order chi connectivity index (χ0) is 34.1. The van der Waals surface area contributed by atoms with Crippen LogP contribution in [0, 0.1) is 31.0 Å². The van der Waals surface area contributed by atoms with Crippen LogP contribution in [0.1, 0.15) is 68.3 Å². The van der Waals surface area contributed by atoms with Crippen molar-refractivity contribution >= 4 is 34.5 Å². The highest BCUT2D eigenvalue weighted by atomic mass is 32.1. The summed E-state index contributed by atoms with van der Waals surface area (Å²) in [5, 5.41) is 0. The molecule has 2 saturated heterocycles. The Bertz CT molecular complexity index is 2140. The molecule has 3 aliphatic heterocycles. The first-order chi connectivity index (χ1) is 24.2. The molecule has 1 saturated carbocycles. The van der Waals surface area contributed by atoms with Crippen LogP contribution in [0.5, 0.6) is 0 Å². The fraction of sp³-hybridized carbons (Fsp3) is 0.350. The molecule has 10 heteroatoms. The summed E-state index contributed by atoms with van der Waals surface area (Å²) >= 11 is 1.54. The minimum Gasteiger partial charge on any atom is -0.444 e. The minimum atomic E-state index is -0.394. The Hall–Kier alpha value is -4.67. The predicted octanol–water partition coefficient (Wildman–Crippen LogP) is 8.03. The van der Waals surface area contributed by atoms with Gasteiger partial charge in [-0.1, -0.05) is 12.1 Å². The maximum absolute atomic E-state index is 14.7. The van der Waals surface area contributed by atoms with Crippen molar-refractivity contribution in [2.45, 2.75) is 45.4 Å². The molecule has 3 fully saturated rings. The molecule has 0 radical (unpaired) electrons. The summed E-state index contributed by atoms with van der Waals surface area (Å²) in [6.45, 7) is 7.72. The van der Waals surface area contributed by atoms with Crippen molar-refractivity contribution in [3.63, 3.8) is 0 Å². The SMILES string of the molecule is Cc1cnc(N2CC3(CCOCC3)C2)c(C(=O)C2CC2c2ccc(C(=O)N3CCc4cc(-c5nc(C)co5)sc4-c4ccc(F)cc43)cc2)c1. The number of anilines is 2. The number of oxazole rings is 1. The van der Waals surface area contributed by atoms with E-state index in [9.17, 15) is 14.0 Å².